The van der Waals surface area contributed by atoms with Gasteiger partial charge >= 0.3 is 0 Å². The second-order valence-electron chi connectivity index (χ2n) is 6.53. The molecule has 0 saturated heterocycles. The molecule has 0 fully saturated rings. The molecule has 0 aliphatic rings. The maximum absolute atomic E-state index is 13.2. The first-order valence-electron chi connectivity index (χ1n) is 8.99. The molecule has 142 valence electrons. The number of amides is 1. The molecule has 2 heterocycles. The Balaban J connectivity index is 1.54. The summed E-state index contributed by atoms with van der Waals surface area (Å²) in [7, 11) is 1.86. The molecule has 4 aromatic rings. The van der Waals surface area contributed by atoms with Crippen LogP contribution in [0.1, 0.15) is 33.9 Å². The third-order valence-corrected chi connectivity index (χ3v) is 7.74. The summed E-state index contributed by atoms with van der Waals surface area (Å²) in [5, 5.41) is 5.19. The lowest BCUT2D eigenvalue weighted by Crippen LogP contribution is -2.30. The number of hydrogen-bond acceptors (Lipinski definition) is 5. The van der Waals surface area contributed by atoms with E-state index >= 15 is 0 Å². The number of carbonyl (C=O) groups excluding carboxylic acids is 1. The lowest BCUT2D eigenvalue weighted by molar-refractivity contribution is 0.0739. The number of fused-ring (bicyclic) bond motifs is 1. The second kappa shape index (κ2) is 8.47. The molecule has 0 bridgehead atoms. The predicted octanol–water partition coefficient (Wildman–Crippen LogP) is 6.48. The van der Waals surface area contributed by atoms with Crippen LogP contribution in [0.3, 0.4) is 0 Å². The fourth-order valence-electron chi connectivity index (χ4n) is 2.91. The molecular weight excluding hydrogens is 404 g/mol. The molecule has 0 radical (unpaired) electrons. The van der Waals surface area contributed by atoms with Gasteiger partial charge in [-0.05, 0) is 53.6 Å². The maximum atomic E-state index is 13.2. The van der Waals surface area contributed by atoms with Gasteiger partial charge in [-0.3, -0.25) is 4.79 Å². The monoisotopic (exact) mass is 424 g/mol. The van der Waals surface area contributed by atoms with E-state index < -0.39 is 0 Å². The van der Waals surface area contributed by atoms with E-state index in [4.69, 9.17) is 4.98 Å². The smallest absolute Gasteiger partial charge is 0.255 e. The number of thioether (sulfide) groups is 1. The zero-order valence-electron chi connectivity index (χ0n) is 15.7. The van der Waals surface area contributed by atoms with Crippen LogP contribution in [0.5, 0.6) is 0 Å². The highest BCUT2D eigenvalue weighted by atomic mass is 32.2. The fraction of sp³-hybridized carbons (Fsp3) is 0.182. The Labute approximate surface area is 177 Å². The van der Waals surface area contributed by atoms with Crippen LogP contribution in [0.2, 0.25) is 0 Å². The number of thiophene rings is 1. The summed E-state index contributed by atoms with van der Waals surface area (Å²) in [6.07, 6.45) is 0. The minimum Gasteiger partial charge on any atom is -0.332 e. The molecule has 28 heavy (non-hydrogen) atoms. The first kappa shape index (κ1) is 19.2. The topological polar surface area (TPSA) is 33.2 Å². The lowest BCUT2D eigenvalue weighted by atomic mass is 10.2. The molecule has 0 spiro atoms. The SMILES string of the molecule is CC(c1nc2ccccc2s1)N(C)C(=O)c1ccccc1SCc1ccsc1. The summed E-state index contributed by atoms with van der Waals surface area (Å²) in [6.45, 7) is 2.04. The Bertz CT molecular complexity index is 1060. The standard InChI is InChI=1S/C22H20N2OS3/c1-15(21-23-18-8-4-6-10-20(18)28-21)24(2)22(25)17-7-3-5-9-19(17)27-14-16-11-12-26-13-16/h3-13,15H,14H2,1-2H3. The van der Waals surface area contributed by atoms with Crippen molar-refractivity contribution < 1.29 is 4.79 Å². The van der Waals surface area contributed by atoms with Gasteiger partial charge in [0.15, 0.2) is 0 Å². The minimum atomic E-state index is -0.0835. The van der Waals surface area contributed by atoms with E-state index in [1.807, 2.05) is 56.4 Å². The highest BCUT2D eigenvalue weighted by molar-refractivity contribution is 7.98. The molecule has 0 aliphatic carbocycles. The molecule has 3 nitrogen and oxygen atoms in total. The van der Waals surface area contributed by atoms with Crippen LogP contribution in [0.25, 0.3) is 10.2 Å². The van der Waals surface area contributed by atoms with Crippen LogP contribution < -0.4 is 0 Å². The number of aromatic nitrogens is 1. The van der Waals surface area contributed by atoms with Crippen molar-refractivity contribution in [1.29, 1.82) is 0 Å². The van der Waals surface area contributed by atoms with Gasteiger partial charge in [0.2, 0.25) is 0 Å². The van der Waals surface area contributed by atoms with E-state index in [2.05, 4.69) is 22.9 Å². The molecule has 1 amide bonds. The van der Waals surface area contributed by atoms with Gasteiger partial charge in [-0.2, -0.15) is 11.3 Å². The van der Waals surface area contributed by atoms with Crippen molar-refractivity contribution in [3.8, 4) is 0 Å². The zero-order chi connectivity index (χ0) is 19.5. The van der Waals surface area contributed by atoms with E-state index in [0.717, 1.165) is 31.4 Å². The maximum Gasteiger partial charge on any atom is 0.255 e. The Morgan fingerprint density at radius 1 is 1.14 bits per heavy atom. The van der Waals surface area contributed by atoms with Gasteiger partial charge in [0.25, 0.3) is 5.91 Å². The van der Waals surface area contributed by atoms with Gasteiger partial charge in [0.1, 0.15) is 5.01 Å². The average molecular weight is 425 g/mol. The highest BCUT2D eigenvalue weighted by Crippen LogP contribution is 2.32. The van der Waals surface area contributed by atoms with E-state index in [1.165, 1.54) is 5.56 Å². The molecule has 0 N–H and O–H groups in total. The van der Waals surface area contributed by atoms with Crippen LogP contribution in [0.4, 0.5) is 0 Å². The summed E-state index contributed by atoms with van der Waals surface area (Å²) in [5.74, 6) is 0.894. The zero-order valence-corrected chi connectivity index (χ0v) is 18.1. The van der Waals surface area contributed by atoms with E-state index in [-0.39, 0.29) is 11.9 Å². The summed E-state index contributed by atoms with van der Waals surface area (Å²) in [6, 6.07) is 18.0. The van der Waals surface area contributed by atoms with Crippen molar-refractivity contribution in [1.82, 2.24) is 9.88 Å². The number of thiazole rings is 1. The molecule has 2 aromatic heterocycles. The number of para-hydroxylation sites is 1. The van der Waals surface area contributed by atoms with Gasteiger partial charge < -0.3 is 4.90 Å². The summed E-state index contributed by atoms with van der Waals surface area (Å²) in [4.78, 5) is 20.8. The van der Waals surface area contributed by atoms with E-state index in [1.54, 1.807) is 39.3 Å². The second-order valence-corrected chi connectivity index (χ2v) is 9.39. The molecule has 2 aromatic carbocycles. The van der Waals surface area contributed by atoms with Crippen LogP contribution in [0.15, 0.2) is 70.3 Å². The van der Waals surface area contributed by atoms with Crippen molar-refractivity contribution >= 4 is 50.6 Å². The number of hydrogen-bond donors (Lipinski definition) is 0. The van der Waals surface area contributed by atoms with Crippen molar-refractivity contribution in [2.45, 2.75) is 23.6 Å². The first-order chi connectivity index (χ1) is 13.6. The van der Waals surface area contributed by atoms with Crippen LogP contribution >= 0.6 is 34.4 Å². The predicted molar refractivity (Wildman–Crippen MR) is 120 cm³/mol. The first-order valence-corrected chi connectivity index (χ1v) is 11.7. The Morgan fingerprint density at radius 2 is 1.93 bits per heavy atom. The van der Waals surface area contributed by atoms with Crippen molar-refractivity contribution in [3.63, 3.8) is 0 Å². The lowest BCUT2D eigenvalue weighted by Gasteiger charge is -2.24. The normalized spacial score (nSPS) is 12.2. The molecule has 0 saturated carbocycles. The summed E-state index contributed by atoms with van der Waals surface area (Å²) >= 11 is 5.06. The van der Waals surface area contributed by atoms with Gasteiger partial charge in [-0.15, -0.1) is 23.1 Å². The number of benzene rings is 2. The minimum absolute atomic E-state index is 0.0279. The summed E-state index contributed by atoms with van der Waals surface area (Å²) < 4.78 is 1.15. The third-order valence-electron chi connectivity index (χ3n) is 4.66. The van der Waals surface area contributed by atoms with Crippen molar-refractivity contribution in [2.24, 2.45) is 0 Å². The number of carbonyl (C=O) groups is 1. The summed E-state index contributed by atoms with van der Waals surface area (Å²) in [5.41, 5.74) is 3.02. The fourth-order valence-corrected chi connectivity index (χ4v) is 5.73. The highest BCUT2D eigenvalue weighted by Gasteiger charge is 2.23. The molecule has 1 atom stereocenters. The van der Waals surface area contributed by atoms with Crippen molar-refractivity contribution in [2.75, 3.05) is 7.05 Å². The van der Waals surface area contributed by atoms with E-state index in [9.17, 15) is 4.79 Å². The molecule has 4 rings (SSSR count). The van der Waals surface area contributed by atoms with Crippen molar-refractivity contribution in [3.05, 3.63) is 81.5 Å². The Kier molecular flexibility index (Phi) is 5.80. The number of nitrogens with zero attached hydrogens (tertiary/aromatic N) is 2. The average Bonchev–Trinajstić information content (AvgIpc) is 3.40. The van der Waals surface area contributed by atoms with Gasteiger partial charge in [-0.1, -0.05) is 24.3 Å². The Hall–Kier alpha value is -2.15. The molecular formula is C22H20N2OS3. The van der Waals surface area contributed by atoms with Crippen LogP contribution in [0, 0.1) is 0 Å². The quantitative estimate of drug-likeness (QED) is 0.332. The van der Waals surface area contributed by atoms with E-state index in [0.29, 0.717) is 0 Å². The molecule has 6 heteroatoms. The Morgan fingerprint density at radius 3 is 2.71 bits per heavy atom. The molecule has 1 unspecified atom stereocenters. The van der Waals surface area contributed by atoms with Crippen LogP contribution in [-0.2, 0) is 5.75 Å². The third kappa shape index (κ3) is 3.99. The van der Waals surface area contributed by atoms with Gasteiger partial charge in [-0.25, -0.2) is 4.98 Å². The van der Waals surface area contributed by atoms with Gasteiger partial charge in [0, 0.05) is 17.7 Å². The largest absolute Gasteiger partial charge is 0.332 e. The van der Waals surface area contributed by atoms with Gasteiger partial charge in [0.05, 0.1) is 21.8 Å². The number of rotatable bonds is 6. The molecule has 0 aliphatic heterocycles. The van der Waals surface area contributed by atoms with Crippen LogP contribution in [-0.4, -0.2) is 22.8 Å².